The predicted octanol–water partition coefficient (Wildman–Crippen LogP) is 3.90. The molecule has 2 heterocycles. The van der Waals surface area contributed by atoms with E-state index in [1.807, 2.05) is 59.8 Å². The molecular formula is C20H25N3O. The van der Waals surface area contributed by atoms with E-state index in [2.05, 4.69) is 12.0 Å². The van der Waals surface area contributed by atoms with Gasteiger partial charge in [-0.2, -0.15) is 5.10 Å². The highest BCUT2D eigenvalue weighted by atomic mass is 16.2. The van der Waals surface area contributed by atoms with Crippen LogP contribution in [0.2, 0.25) is 0 Å². The Morgan fingerprint density at radius 3 is 2.67 bits per heavy atom. The maximum Gasteiger partial charge on any atom is 0.246 e. The first-order valence-corrected chi connectivity index (χ1v) is 8.68. The highest BCUT2D eigenvalue weighted by molar-refractivity contribution is 5.92. The lowest BCUT2D eigenvalue weighted by Crippen LogP contribution is -2.41. The molecule has 4 nitrogen and oxygen atoms in total. The molecule has 1 saturated heterocycles. The van der Waals surface area contributed by atoms with Crippen LogP contribution in [0.25, 0.3) is 11.8 Å². The summed E-state index contributed by atoms with van der Waals surface area (Å²) in [5, 5.41) is 4.63. The first-order valence-electron chi connectivity index (χ1n) is 8.68. The number of hydrogen-bond donors (Lipinski definition) is 0. The fraction of sp³-hybridized carbons (Fsp3) is 0.400. The van der Waals surface area contributed by atoms with E-state index >= 15 is 0 Å². The lowest BCUT2D eigenvalue weighted by atomic mass is 10.0. The second kappa shape index (κ2) is 7.04. The molecule has 0 radical (unpaired) electrons. The number of amides is 1. The fourth-order valence-electron chi connectivity index (χ4n) is 3.39. The lowest BCUT2D eigenvalue weighted by Gasteiger charge is -2.32. The zero-order valence-electron chi connectivity index (χ0n) is 14.7. The molecule has 0 aliphatic carbocycles. The number of hydrogen-bond acceptors (Lipinski definition) is 2. The van der Waals surface area contributed by atoms with E-state index in [1.54, 1.807) is 6.08 Å². The van der Waals surface area contributed by atoms with Gasteiger partial charge in [0.1, 0.15) is 0 Å². The second-order valence-electron chi connectivity index (χ2n) is 6.54. The molecule has 0 saturated carbocycles. The monoisotopic (exact) mass is 323 g/mol. The summed E-state index contributed by atoms with van der Waals surface area (Å²) < 4.78 is 1.93. The summed E-state index contributed by atoms with van der Waals surface area (Å²) in [6.07, 6.45) is 7.04. The molecule has 1 aliphatic heterocycles. The molecular weight excluding hydrogens is 298 g/mol. The maximum absolute atomic E-state index is 12.5. The summed E-state index contributed by atoms with van der Waals surface area (Å²) in [5.74, 6) is 0.105. The molecule has 24 heavy (non-hydrogen) atoms. The van der Waals surface area contributed by atoms with Gasteiger partial charge >= 0.3 is 0 Å². The van der Waals surface area contributed by atoms with Gasteiger partial charge in [0.25, 0.3) is 0 Å². The Hall–Kier alpha value is -2.36. The van der Waals surface area contributed by atoms with Gasteiger partial charge in [-0.25, -0.2) is 4.68 Å². The Bertz CT molecular complexity index is 746. The highest BCUT2D eigenvalue weighted by Gasteiger charge is 2.21. The topological polar surface area (TPSA) is 38.1 Å². The Morgan fingerprint density at radius 1 is 1.21 bits per heavy atom. The van der Waals surface area contributed by atoms with Crippen LogP contribution in [-0.2, 0) is 4.79 Å². The minimum atomic E-state index is 0.105. The van der Waals surface area contributed by atoms with E-state index in [0.29, 0.717) is 6.04 Å². The van der Waals surface area contributed by atoms with E-state index in [-0.39, 0.29) is 5.91 Å². The molecule has 1 aromatic heterocycles. The molecule has 126 valence electrons. The zero-order chi connectivity index (χ0) is 17.1. The van der Waals surface area contributed by atoms with Crippen LogP contribution in [0.15, 0.2) is 36.4 Å². The highest BCUT2D eigenvalue weighted by Crippen LogP contribution is 2.20. The first-order chi connectivity index (χ1) is 11.6. The number of piperidine rings is 1. The van der Waals surface area contributed by atoms with Crippen LogP contribution in [0.1, 0.15) is 43.1 Å². The van der Waals surface area contributed by atoms with E-state index < -0.39 is 0 Å². The molecule has 0 bridgehead atoms. The van der Waals surface area contributed by atoms with Crippen molar-refractivity contribution in [3.63, 3.8) is 0 Å². The van der Waals surface area contributed by atoms with Crippen LogP contribution in [0, 0.1) is 13.8 Å². The summed E-state index contributed by atoms with van der Waals surface area (Å²) in [5.41, 5.74) is 4.05. The van der Waals surface area contributed by atoms with Gasteiger partial charge in [-0.15, -0.1) is 0 Å². The second-order valence-corrected chi connectivity index (χ2v) is 6.54. The van der Waals surface area contributed by atoms with Gasteiger partial charge in [0.05, 0.1) is 11.4 Å². The fourth-order valence-corrected chi connectivity index (χ4v) is 3.39. The summed E-state index contributed by atoms with van der Waals surface area (Å²) >= 11 is 0. The van der Waals surface area contributed by atoms with Gasteiger partial charge in [-0.3, -0.25) is 4.79 Å². The number of rotatable bonds is 3. The van der Waals surface area contributed by atoms with Gasteiger partial charge in [0.15, 0.2) is 0 Å². The Balaban J connectivity index is 1.83. The minimum Gasteiger partial charge on any atom is -0.336 e. The Labute approximate surface area is 143 Å². The van der Waals surface area contributed by atoms with Gasteiger partial charge in [-0.05, 0) is 58.2 Å². The van der Waals surface area contributed by atoms with E-state index in [1.165, 1.54) is 6.42 Å². The normalized spacial score (nSPS) is 18.3. The summed E-state index contributed by atoms with van der Waals surface area (Å²) in [7, 11) is 0. The van der Waals surface area contributed by atoms with E-state index in [4.69, 9.17) is 0 Å². The molecule has 1 unspecified atom stereocenters. The Kier molecular flexibility index (Phi) is 4.84. The van der Waals surface area contributed by atoms with Crippen LogP contribution >= 0.6 is 0 Å². The number of carbonyl (C=O) groups is 1. The van der Waals surface area contributed by atoms with Crippen molar-refractivity contribution < 1.29 is 4.79 Å². The molecule has 3 rings (SSSR count). The van der Waals surface area contributed by atoms with Gasteiger partial charge in [0.2, 0.25) is 5.91 Å². The third kappa shape index (κ3) is 3.28. The van der Waals surface area contributed by atoms with Crippen LogP contribution in [0.5, 0.6) is 0 Å². The number of carbonyl (C=O) groups excluding carboxylic acids is 1. The van der Waals surface area contributed by atoms with Crippen molar-refractivity contribution in [3.8, 4) is 5.69 Å². The number of benzene rings is 1. The third-order valence-electron chi connectivity index (χ3n) is 4.83. The number of para-hydroxylation sites is 1. The van der Waals surface area contributed by atoms with Crippen molar-refractivity contribution in [3.05, 3.63) is 53.4 Å². The number of nitrogens with zero attached hydrogens (tertiary/aromatic N) is 3. The maximum atomic E-state index is 12.5. The molecule has 1 amide bonds. The van der Waals surface area contributed by atoms with Crippen molar-refractivity contribution in [2.24, 2.45) is 0 Å². The predicted molar refractivity (Wildman–Crippen MR) is 97.1 cm³/mol. The van der Waals surface area contributed by atoms with E-state index in [0.717, 1.165) is 42.0 Å². The molecule has 1 atom stereocenters. The molecule has 4 heteroatoms. The SMILES string of the molecule is Cc1nn(-c2ccccc2)c(C)c1C=CC(=O)N1CCCCC1C. The minimum absolute atomic E-state index is 0.105. The van der Waals surface area contributed by atoms with Gasteiger partial charge < -0.3 is 4.90 Å². The largest absolute Gasteiger partial charge is 0.336 e. The number of aromatic nitrogens is 2. The van der Waals surface area contributed by atoms with Crippen molar-refractivity contribution in [1.82, 2.24) is 14.7 Å². The van der Waals surface area contributed by atoms with Crippen LogP contribution in [0.4, 0.5) is 0 Å². The molecule has 0 N–H and O–H groups in total. The van der Waals surface area contributed by atoms with Crippen LogP contribution in [0.3, 0.4) is 0 Å². The average Bonchev–Trinajstić information content (AvgIpc) is 2.88. The molecule has 2 aromatic rings. The summed E-state index contributed by atoms with van der Waals surface area (Å²) in [6.45, 7) is 7.03. The number of likely N-dealkylation sites (tertiary alicyclic amines) is 1. The third-order valence-corrected chi connectivity index (χ3v) is 4.83. The first kappa shape index (κ1) is 16.5. The average molecular weight is 323 g/mol. The summed E-state index contributed by atoms with van der Waals surface area (Å²) in [6, 6.07) is 10.4. The standard InChI is InChI=1S/C20H25N3O/c1-15-9-7-8-14-22(15)20(24)13-12-19-16(2)21-23(17(19)3)18-10-5-4-6-11-18/h4-6,10-13,15H,7-9,14H2,1-3H3. The van der Waals surface area contributed by atoms with Crippen LogP contribution < -0.4 is 0 Å². The van der Waals surface area contributed by atoms with E-state index in [9.17, 15) is 4.79 Å². The van der Waals surface area contributed by atoms with Gasteiger partial charge in [0, 0.05) is 29.9 Å². The van der Waals surface area contributed by atoms with Gasteiger partial charge in [-0.1, -0.05) is 18.2 Å². The van der Waals surface area contributed by atoms with Crippen molar-refractivity contribution in [2.75, 3.05) is 6.54 Å². The van der Waals surface area contributed by atoms with Crippen LogP contribution in [-0.4, -0.2) is 33.2 Å². The number of aryl methyl sites for hydroxylation is 1. The van der Waals surface area contributed by atoms with Crippen molar-refractivity contribution >= 4 is 12.0 Å². The smallest absolute Gasteiger partial charge is 0.246 e. The lowest BCUT2D eigenvalue weighted by molar-refractivity contribution is -0.129. The van der Waals surface area contributed by atoms with Crippen molar-refractivity contribution in [2.45, 2.75) is 46.1 Å². The summed E-state index contributed by atoms with van der Waals surface area (Å²) in [4.78, 5) is 14.5. The Morgan fingerprint density at radius 2 is 1.96 bits per heavy atom. The molecule has 1 aromatic carbocycles. The quantitative estimate of drug-likeness (QED) is 0.803. The molecule has 1 fully saturated rings. The van der Waals surface area contributed by atoms with Crippen molar-refractivity contribution in [1.29, 1.82) is 0 Å². The zero-order valence-corrected chi connectivity index (χ0v) is 14.7. The molecule has 1 aliphatic rings. The molecule has 0 spiro atoms.